The Hall–Kier alpha value is -5.05. The van der Waals surface area contributed by atoms with E-state index in [0.717, 1.165) is 51.0 Å². The van der Waals surface area contributed by atoms with E-state index in [4.69, 9.17) is 9.72 Å². The number of pyridine rings is 2. The first-order valence-corrected chi connectivity index (χ1v) is 14.7. The fourth-order valence-electron chi connectivity index (χ4n) is 5.48. The molecule has 0 spiro atoms. The van der Waals surface area contributed by atoms with E-state index >= 15 is 0 Å². The van der Waals surface area contributed by atoms with Crippen LogP contribution in [0.1, 0.15) is 46.4 Å². The van der Waals surface area contributed by atoms with Gasteiger partial charge in [0.15, 0.2) is 0 Å². The van der Waals surface area contributed by atoms with Crippen molar-refractivity contribution < 1.29 is 19.1 Å². The van der Waals surface area contributed by atoms with Crippen molar-refractivity contribution in [2.75, 3.05) is 29.9 Å². The number of para-hydroxylation sites is 1. The highest BCUT2D eigenvalue weighted by atomic mass is 16.5. The Kier molecular flexibility index (Phi) is 9.04. The number of amides is 3. The van der Waals surface area contributed by atoms with Gasteiger partial charge in [0.1, 0.15) is 23.7 Å². The maximum absolute atomic E-state index is 13.1. The van der Waals surface area contributed by atoms with Crippen LogP contribution in [0.5, 0.6) is 5.75 Å². The number of ether oxygens (including phenoxy) is 1. The first-order chi connectivity index (χ1) is 21.1. The van der Waals surface area contributed by atoms with Crippen LogP contribution in [0, 0.1) is 27.7 Å². The van der Waals surface area contributed by atoms with Crippen LogP contribution in [-0.2, 0) is 21.0 Å². The van der Waals surface area contributed by atoms with Gasteiger partial charge < -0.3 is 15.0 Å². The van der Waals surface area contributed by atoms with E-state index in [1.54, 1.807) is 41.3 Å². The molecule has 9 heteroatoms. The molecule has 4 aromatic rings. The van der Waals surface area contributed by atoms with Crippen molar-refractivity contribution in [3.63, 3.8) is 0 Å². The Balaban J connectivity index is 1.20. The van der Waals surface area contributed by atoms with Crippen LogP contribution >= 0.6 is 0 Å². The number of benzene rings is 2. The van der Waals surface area contributed by atoms with Crippen molar-refractivity contribution in [2.24, 2.45) is 0 Å². The van der Waals surface area contributed by atoms with Crippen LogP contribution in [0.15, 0.2) is 60.8 Å². The van der Waals surface area contributed by atoms with Gasteiger partial charge in [-0.3, -0.25) is 19.3 Å². The lowest BCUT2D eigenvalue weighted by Crippen LogP contribution is -2.38. The van der Waals surface area contributed by atoms with Gasteiger partial charge in [0.2, 0.25) is 17.7 Å². The summed E-state index contributed by atoms with van der Waals surface area (Å²) in [6, 6.07) is 15.5. The van der Waals surface area contributed by atoms with Crippen LogP contribution in [0.4, 0.5) is 11.5 Å². The summed E-state index contributed by atoms with van der Waals surface area (Å²) in [5.41, 5.74) is 7.36. The number of hydrogen-bond acceptors (Lipinski definition) is 6. The van der Waals surface area contributed by atoms with Crippen molar-refractivity contribution in [1.29, 1.82) is 0 Å². The third kappa shape index (κ3) is 6.62. The summed E-state index contributed by atoms with van der Waals surface area (Å²) < 4.78 is 6.30. The zero-order valence-electron chi connectivity index (χ0n) is 25.8. The summed E-state index contributed by atoms with van der Waals surface area (Å²) in [6.07, 6.45) is 5.97. The average molecular weight is 592 g/mol. The molecule has 0 bridgehead atoms. The number of rotatable bonds is 9. The highest BCUT2D eigenvalue weighted by Crippen LogP contribution is 2.30. The van der Waals surface area contributed by atoms with E-state index in [-0.39, 0.29) is 18.4 Å². The number of aryl methyl sites for hydroxylation is 3. The first kappa shape index (κ1) is 30.4. The third-order valence-electron chi connectivity index (χ3n) is 8.01. The van der Waals surface area contributed by atoms with Crippen molar-refractivity contribution in [2.45, 2.75) is 47.1 Å². The van der Waals surface area contributed by atoms with Gasteiger partial charge in [-0.05, 0) is 98.3 Å². The molecule has 0 aliphatic carbocycles. The maximum Gasteiger partial charge on any atom is 0.246 e. The highest BCUT2D eigenvalue weighted by Gasteiger charge is 2.22. The molecule has 1 saturated heterocycles. The topological polar surface area (TPSA) is 105 Å². The molecule has 1 aliphatic heterocycles. The number of nitrogens with one attached hydrogen (secondary N) is 1. The molecule has 3 amide bonds. The Morgan fingerprint density at radius 1 is 1.07 bits per heavy atom. The predicted molar refractivity (Wildman–Crippen MR) is 173 cm³/mol. The number of nitrogens with zero attached hydrogens (tertiary/aromatic N) is 4. The Morgan fingerprint density at radius 2 is 1.89 bits per heavy atom. The fraction of sp³-hybridized carbons (Fsp3) is 0.286. The van der Waals surface area contributed by atoms with E-state index in [9.17, 15) is 14.4 Å². The van der Waals surface area contributed by atoms with Gasteiger partial charge in [0, 0.05) is 49.1 Å². The summed E-state index contributed by atoms with van der Waals surface area (Å²) in [6.45, 7) is 8.88. The molecule has 0 atom stereocenters. The molecule has 1 N–H and O–H groups in total. The minimum Gasteiger partial charge on any atom is -0.487 e. The van der Waals surface area contributed by atoms with Gasteiger partial charge >= 0.3 is 0 Å². The molecule has 2 aromatic carbocycles. The quantitative estimate of drug-likeness (QED) is 0.263. The Bertz CT molecular complexity index is 1760. The molecule has 0 radical (unpaired) electrons. The standard InChI is InChI=1S/C35H37N5O4/c1-22-11-14-29(25(4)28(22)21-44-30-9-6-8-27-23(2)18-24(3)38-35(27)30)39(5)34(43)20-37-32(41)16-13-26-12-15-31(36-19-26)40-17-7-10-33(40)42/h6,8-9,11-16,18-19H,7,10,17,20-21H2,1-5H3,(H,37,41)/b16-13+. The molecule has 2 aromatic heterocycles. The number of likely N-dealkylation sites (N-methyl/N-ethyl adjacent to an activating group) is 1. The lowest BCUT2D eigenvalue weighted by Gasteiger charge is -2.23. The zero-order valence-corrected chi connectivity index (χ0v) is 25.8. The van der Waals surface area contributed by atoms with Crippen LogP contribution in [0.25, 0.3) is 17.0 Å². The lowest BCUT2D eigenvalue weighted by atomic mass is 10.0. The van der Waals surface area contributed by atoms with Crippen LogP contribution in [0.3, 0.4) is 0 Å². The first-order valence-electron chi connectivity index (χ1n) is 14.7. The molecule has 226 valence electrons. The largest absolute Gasteiger partial charge is 0.487 e. The second kappa shape index (κ2) is 13.1. The van der Waals surface area contributed by atoms with Gasteiger partial charge in [-0.2, -0.15) is 0 Å². The summed E-state index contributed by atoms with van der Waals surface area (Å²) >= 11 is 0. The minimum absolute atomic E-state index is 0.0730. The van der Waals surface area contributed by atoms with Gasteiger partial charge in [-0.25, -0.2) is 9.97 Å². The highest BCUT2D eigenvalue weighted by molar-refractivity contribution is 5.99. The normalized spacial score (nSPS) is 13.1. The molecule has 5 rings (SSSR count). The fourth-order valence-corrected chi connectivity index (χ4v) is 5.48. The molecular weight excluding hydrogens is 554 g/mol. The van der Waals surface area contributed by atoms with Gasteiger partial charge in [0.25, 0.3) is 0 Å². The molecule has 0 saturated carbocycles. The summed E-state index contributed by atoms with van der Waals surface area (Å²) in [7, 11) is 1.70. The molecule has 44 heavy (non-hydrogen) atoms. The summed E-state index contributed by atoms with van der Waals surface area (Å²) in [4.78, 5) is 49.7. The van der Waals surface area contributed by atoms with Gasteiger partial charge in [0.05, 0.1) is 6.54 Å². The number of fused-ring (bicyclic) bond motifs is 1. The molecule has 0 unspecified atom stereocenters. The second-order valence-electron chi connectivity index (χ2n) is 11.1. The number of aromatic nitrogens is 2. The van der Waals surface area contributed by atoms with Gasteiger partial charge in [-0.1, -0.05) is 18.2 Å². The van der Waals surface area contributed by atoms with E-state index in [2.05, 4.69) is 23.3 Å². The summed E-state index contributed by atoms with van der Waals surface area (Å²) in [5.74, 6) is 0.751. The van der Waals surface area contributed by atoms with E-state index < -0.39 is 5.91 Å². The molecule has 1 fully saturated rings. The molecule has 3 heterocycles. The van der Waals surface area contributed by atoms with Gasteiger partial charge in [-0.15, -0.1) is 0 Å². The predicted octanol–water partition coefficient (Wildman–Crippen LogP) is 5.36. The van der Waals surface area contributed by atoms with Crippen molar-refractivity contribution in [1.82, 2.24) is 15.3 Å². The molecular formula is C35H37N5O4. The monoisotopic (exact) mass is 591 g/mol. The number of anilines is 2. The Labute approximate surface area is 257 Å². The van der Waals surface area contributed by atoms with Crippen molar-refractivity contribution in [3.05, 3.63) is 94.3 Å². The molecule has 1 aliphatic rings. The van der Waals surface area contributed by atoms with Crippen molar-refractivity contribution in [3.8, 4) is 5.75 Å². The number of hydrogen-bond donors (Lipinski definition) is 1. The van der Waals surface area contributed by atoms with E-state index in [0.29, 0.717) is 36.7 Å². The van der Waals surface area contributed by atoms with Crippen LogP contribution in [-0.4, -0.2) is 47.8 Å². The minimum atomic E-state index is -0.394. The number of carbonyl (C=O) groups excluding carboxylic acids is 3. The second-order valence-corrected chi connectivity index (χ2v) is 11.1. The molecule has 9 nitrogen and oxygen atoms in total. The smallest absolute Gasteiger partial charge is 0.246 e. The zero-order chi connectivity index (χ0) is 31.4. The maximum atomic E-state index is 13.1. The van der Waals surface area contributed by atoms with E-state index in [1.165, 1.54) is 6.08 Å². The van der Waals surface area contributed by atoms with Crippen LogP contribution < -0.4 is 19.9 Å². The van der Waals surface area contributed by atoms with Crippen LogP contribution in [0.2, 0.25) is 0 Å². The lowest BCUT2D eigenvalue weighted by molar-refractivity contribution is -0.122. The average Bonchev–Trinajstić information content (AvgIpc) is 3.44. The number of carbonyl (C=O) groups is 3. The SMILES string of the molecule is Cc1cc(C)c2cccc(OCc3c(C)ccc(N(C)C(=O)CNC(=O)/C=C/c4ccc(N5CCCC5=O)nc4)c3C)c2n1. The van der Waals surface area contributed by atoms with Crippen molar-refractivity contribution >= 4 is 46.2 Å². The van der Waals surface area contributed by atoms with E-state index in [1.807, 2.05) is 51.1 Å². The Morgan fingerprint density at radius 3 is 2.61 bits per heavy atom. The summed E-state index contributed by atoms with van der Waals surface area (Å²) in [5, 5.41) is 3.72. The third-order valence-corrected chi connectivity index (χ3v) is 8.01.